The number of ether oxygens (including phenoxy) is 1. The van der Waals surface area contributed by atoms with E-state index in [1.54, 1.807) is 24.6 Å². The summed E-state index contributed by atoms with van der Waals surface area (Å²) < 4.78 is 7.05. The number of carbonyl (C=O) groups is 2. The molecule has 0 bridgehead atoms. The molecule has 1 saturated heterocycles. The third kappa shape index (κ3) is 4.70. The lowest BCUT2D eigenvalue weighted by Gasteiger charge is -2.26. The molecular weight excluding hydrogens is 394 g/mol. The number of nitrogens with zero attached hydrogens (tertiary/aromatic N) is 4. The molecule has 3 heterocycles. The largest absolute Gasteiger partial charge is 0.379 e. The highest BCUT2D eigenvalue weighted by Crippen LogP contribution is 2.19. The molecule has 1 aromatic carbocycles. The van der Waals surface area contributed by atoms with Crippen LogP contribution in [0.4, 0.5) is 5.82 Å². The number of anilines is 1. The molecule has 2 aromatic heterocycles. The van der Waals surface area contributed by atoms with Gasteiger partial charge in [0.1, 0.15) is 5.82 Å². The molecule has 0 saturated carbocycles. The third-order valence-electron chi connectivity index (χ3n) is 5.26. The number of hydrogen-bond donors (Lipinski definition) is 1. The van der Waals surface area contributed by atoms with E-state index in [0.717, 1.165) is 24.5 Å². The molecule has 4 rings (SSSR count). The lowest BCUT2D eigenvalue weighted by molar-refractivity contribution is -0.112. The molecule has 3 aromatic rings. The maximum Gasteiger partial charge on any atom is 0.298 e. The quantitative estimate of drug-likeness (QED) is 0.488. The molecule has 1 amide bonds. The third-order valence-corrected chi connectivity index (χ3v) is 5.26. The molecular formula is C23H25N5O3. The van der Waals surface area contributed by atoms with Crippen molar-refractivity contribution in [2.24, 2.45) is 0 Å². The number of aryl methyl sites for hydroxylation is 1. The first-order valence-electron chi connectivity index (χ1n) is 10.3. The van der Waals surface area contributed by atoms with Gasteiger partial charge in [0.2, 0.25) is 0 Å². The van der Waals surface area contributed by atoms with Crippen molar-refractivity contribution in [3.63, 3.8) is 0 Å². The van der Waals surface area contributed by atoms with Gasteiger partial charge in [-0.3, -0.25) is 14.5 Å². The van der Waals surface area contributed by atoms with E-state index < -0.39 is 11.7 Å². The van der Waals surface area contributed by atoms with Crippen LogP contribution >= 0.6 is 0 Å². The highest BCUT2D eigenvalue weighted by molar-refractivity contribution is 6.47. The van der Waals surface area contributed by atoms with Crippen molar-refractivity contribution >= 4 is 17.5 Å². The Kier molecular flexibility index (Phi) is 6.20. The number of aromatic nitrogens is 3. The van der Waals surface area contributed by atoms with E-state index in [1.165, 1.54) is 0 Å². The van der Waals surface area contributed by atoms with Gasteiger partial charge < -0.3 is 10.1 Å². The van der Waals surface area contributed by atoms with Gasteiger partial charge in [0.25, 0.3) is 11.7 Å². The van der Waals surface area contributed by atoms with Crippen LogP contribution in [0.1, 0.15) is 27.4 Å². The molecule has 0 spiro atoms. The summed E-state index contributed by atoms with van der Waals surface area (Å²) in [6.07, 6.45) is 0. The van der Waals surface area contributed by atoms with Gasteiger partial charge in [0, 0.05) is 19.6 Å². The van der Waals surface area contributed by atoms with Gasteiger partial charge in [-0.05, 0) is 38.1 Å². The van der Waals surface area contributed by atoms with Gasteiger partial charge >= 0.3 is 0 Å². The Morgan fingerprint density at radius 1 is 1.03 bits per heavy atom. The van der Waals surface area contributed by atoms with E-state index in [-0.39, 0.29) is 0 Å². The fraction of sp³-hybridized carbons (Fsp3) is 0.304. The summed E-state index contributed by atoms with van der Waals surface area (Å²) in [6.45, 7) is 7.30. The monoisotopic (exact) mass is 419 g/mol. The summed E-state index contributed by atoms with van der Waals surface area (Å²) in [5, 5.41) is 7.10. The summed E-state index contributed by atoms with van der Waals surface area (Å²) in [6, 6.07) is 14.9. The van der Waals surface area contributed by atoms with Crippen LogP contribution in [0.2, 0.25) is 0 Å². The van der Waals surface area contributed by atoms with Gasteiger partial charge in [-0.25, -0.2) is 9.67 Å². The average Bonchev–Trinajstić information content (AvgIpc) is 3.08. The standard InChI is InChI=1S/C23H25N5O3/c1-16-21(17(2)28(26-16)19-8-4-3-5-9-19)22(29)23(30)25-20-10-6-7-18(24-20)15-27-11-13-31-14-12-27/h3-10H,11-15H2,1-2H3,(H,24,25,30). The number of carbonyl (C=O) groups excluding carboxylic acids is 2. The maximum atomic E-state index is 12.9. The van der Waals surface area contributed by atoms with E-state index in [0.29, 0.717) is 42.5 Å². The first kappa shape index (κ1) is 20.9. The number of hydrogen-bond acceptors (Lipinski definition) is 6. The van der Waals surface area contributed by atoms with Crippen molar-refractivity contribution in [2.75, 3.05) is 31.6 Å². The second kappa shape index (κ2) is 9.20. The number of para-hydroxylation sites is 1. The van der Waals surface area contributed by atoms with Gasteiger partial charge in [-0.2, -0.15) is 5.10 Å². The topological polar surface area (TPSA) is 89.4 Å². The predicted molar refractivity (Wildman–Crippen MR) is 116 cm³/mol. The Bertz CT molecular complexity index is 1090. The van der Waals surface area contributed by atoms with Gasteiger partial charge in [-0.1, -0.05) is 24.3 Å². The van der Waals surface area contributed by atoms with Crippen LogP contribution in [-0.2, 0) is 16.1 Å². The number of amides is 1. The summed E-state index contributed by atoms with van der Waals surface area (Å²) in [5.41, 5.74) is 3.11. The van der Waals surface area contributed by atoms with Crippen molar-refractivity contribution in [1.29, 1.82) is 0 Å². The molecule has 160 valence electrons. The Morgan fingerprint density at radius 3 is 2.52 bits per heavy atom. The van der Waals surface area contributed by atoms with E-state index in [1.807, 2.05) is 42.5 Å². The van der Waals surface area contributed by atoms with Crippen molar-refractivity contribution in [3.05, 3.63) is 71.2 Å². The number of pyridine rings is 1. The molecule has 0 unspecified atom stereocenters. The SMILES string of the molecule is Cc1nn(-c2ccccc2)c(C)c1C(=O)C(=O)Nc1cccc(CN2CCOCC2)n1. The molecule has 0 aliphatic carbocycles. The predicted octanol–water partition coefficient (Wildman–Crippen LogP) is 2.54. The van der Waals surface area contributed by atoms with Gasteiger partial charge in [0.05, 0.1) is 41.5 Å². The number of benzene rings is 1. The lowest BCUT2D eigenvalue weighted by Crippen LogP contribution is -2.35. The maximum absolute atomic E-state index is 12.9. The molecule has 31 heavy (non-hydrogen) atoms. The van der Waals surface area contributed by atoms with E-state index in [4.69, 9.17) is 4.74 Å². The molecule has 1 fully saturated rings. The zero-order valence-corrected chi connectivity index (χ0v) is 17.7. The number of nitrogens with one attached hydrogen (secondary N) is 1. The number of Topliss-reactive ketones (excluding diaryl/α,β-unsaturated/α-hetero) is 1. The molecule has 8 nitrogen and oxygen atoms in total. The Hall–Kier alpha value is -3.36. The molecule has 1 aliphatic rings. The molecule has 8 heteroatoms. The van der Waals surface area contributed by atoms with E-state index in [2.05, 4.69) is 20.3 Å². The second-order valence-electron chi connectivity index (χ2n) is 7.48. The number of rotatable bonds is 6. The average molecular weight is 419 g/mol. The highest BCUT2D eigenvalue weighted by atomic mass is 16.5. The minimum atomic E-state index is -0.727. The first-order valence-corrected chi connectivity index (χ1v) is 10.3. The summed E-state index contributed by atoms with van der Waals surface area (Å²) >= 11 is 0. The fourth-order valence-electron chi connectivity index (χ4n) is 3.70. The molecule has 1 N–H and O–H groups in total. The van der Waals surface area contributed by atoms with Crippen LogP contribution in [0.3, 0.4) is 0 Å². The van der Waals surface area contributed by atoms with Crippen molar-refractivity contribution in [3.8, 4) is 5.69 Å². The van der Waals surface area contributed by atoms with Crippen LogP contribution in [0.25, 0.3) is 5.69 Å². The summed E-state index contributed by atoms with van der Waals surface area (Å²) in [7, 11) is 0. The number of ketones is 1. The van der Waals surface area contributed by atoms with Crippen molar-refractivity contribution < 1.29 is 14.3 Å². The second-order valence-corrected chi connectivity index (χ2v) is 7.48. The van der Waals surface area contributed by atoms with E-state index >= 15 is 0 Å². The van der Waals surface area contributed by atoms with Crippen LogP contribution in [0.15, 0.2) is 48.5 Å². The van der Waals surface area contributed by atoms with Crippen LogP contribution in [0.5, 0.6) is 0 Å². The summed E-state index contributed by atoms with van der Waals surface area (Å²) in [5.74, 6) is -0.998. The van der Waals surface area contributed by atoms with Crippen molar-refractivity contribution in [1.82, 2.24) is 19.7 Å². The Labute approximate surface area is 180 Å². The zero-order chi connectivity index (χ0) is 21.8. The van der Waals surface area contributed by atoms with Crippen molar-refractivity contribution in [2.45, 2.75) is 20.4 Å². The Morgan fingerprint density at radius 2 is 1.77 bits per heavy atom. The normalized spacial score (nSPS) is 14.4. The zero-order valence-electron chi connectivity index (χ0n) is 17.7. The van der Waals surface area contributed by atoms with Crippen LogP contribution in [0, 0.1) is 13.8 Å². The highest BCUT2D eigenvalue weighted by Gasteiger charge is 2.25. The molecule has 0 atom stereocenters. The minimum absolute atomic E-state index is 0.311. The molecule has 1 aliphatic heterocycles. The first-order chi connectivity index (χ1) is 15.0. The van der Waals surface area contributed by atoms with E-state index in [9.17, 15) is 9.59 Å². The Balaban J connectivity index is 1.49. The smallest absolute Gasteiger partial charge is 0.298 e. The van der Waals surface area contributed by atoms with Crippen LogP contribution in [-0.4, -0.2) is 57.7 Å². The van der Waals surface area contributed by atoms with Crippen LogP contribution < -0.4 is 5.32 Å². The van der Waals surface area contributed by atoms with Gasteiger partial charge in [-0.15, -0.1) is 0 Å². The van der Waals surface area contributed by atoms with Gasteiger partial charge in [0.15, 0.2) is 0 Å². The minimum Gasteiger partial charge on any atom is -0.379 e. The summed E-state index contributed by atoms with van der Waals surface area (Å²) in [4.78, 5) is 32.4. The number of morpholine rings is 1. The lowest BCUT2D eigenvalue weighted by atomic mass is 10.1. The molecule has 0 radical (unpaired) electrons. The fourth-order valence-corrected chi connectivity index (χ4v) is 3.70.